The standard InChI is InChI=1S/C11H17N3O4S/c1-7-4-3-5-14(10(7)11(15)16)19(17,18)9-6-12-13-8(9)2/h6-7,10H,3-5H2,1-2H3,(H,12,13)(H,15,16). The Hall–Kier alpha value is -1.41. The number of hydrogen-bond acceptors (Lipinski definition) is 4. The Balaban J connectivity index is 2.44. The summed E-state index contributed by atoms with van der Waals surface area (Å²) in [6.45, 7) is 3.60. The summed E-state index contributed by atoms with van der Waals surface area (Å²) < 4.78 is 26.1. The Labute approximate surface area is 111 Å². The molecular weight excluding hydrogens is 270 g/mol. The van der Waals surface area contributed by atoms with E-state index in [1.54, 1.807) is 13.8 Å². The summed E-state index contributed by atoms with van der Waals surface area (Å²) in [6.07, 6.45) is 2.61. The van der Waals surface area contributed by atoms with E-state index in [9.17, 15) is 18.3 Å². The maximum absolute atomic E-state index is 12.5. The fourth-order valence-corrected chi connectivity index (χ4v) is 4.35. The number of hydrogen-bond donors (Lipinski definition) is 2. The third-order valence-corrected chi connectivity index (χ3v) is 5.51. The van der Waals surface area contributed by atoms with Crippen molar-refractivity contribution in [1.29, 1.82) is 0 Å². The number of aromatic amines is 1. The van der Waals surface area contributed by atoms with Gasteiger partial charge in [0.25, 0.3) is 0 Å². The van der Waals surface area contributed by atoms with Crippen molar-refractivity contribution in [1.82, 2.24) is 14.5 Å². The second-order valence-corrected chi connectivity index (χ2v) is 6.74. The van der Waals surface area contributed by atoms with E-state index in [1.807, 2.05) is 0 Å². The van der Waals surface area contributed by atoms with Gasteiger partial charge in [0, 0.05) is 6.54 Å². The van der Waals surface area contributed by atoms with Gasteiger partial charge in [0.15, 0.2) is 0 Å². The third-order valence-electron chi connectivity index (χ3n) is 3.51. The molecule has 2 rings (SSSR count). The van der Waals surface area contributed by atoms with E-state index in [0.29, 0.717) is 18.5 Å². The highest BCUT2D eigenvalue weighted by Crippen LogP contribution is 2.29. The van der Waals surface area contributed by atoms with E-state index in [4.69, 9.17) is 0 Å². The van der Waals surface area contributed by atoms with Crippen LogP contribution in [0.4, 0.5) is 0 Å². The SMILES string of the molecule is Cc1[nH]ncc1S(=O)(=O)N1CCCC(C)C1C(=O)O. The number of aliphatic carboxylic acids is 1. The summed E-state index contributed by atoms with van der Waals surface area (Å²) >= 11 is 0. The minimum atomic E-state index is -3.82. The molecule has 1 aromatic rings. The zero-order chi connectivity index (χ0) is 14.2. The molecule has 0 saturated carbocycles. The van der Waals surface area contributed by atoms with E-state index < -0.39 is 22.0 Å². The van der Waals surface area contributed by atoms with Gasteiger partial charge in [-0.05, 0) is 25.7 Å². The molecule has 2 atom stereocenters. The molecule has 0 amide bonds. The molecule has 1 aromatic heterocycles. The van der Waals surface area contributed by atoms with Crippen LogP contribution in [0.5, 0.6) is 0 Å². The molecule has 1 aliphatic rings. The second kappa shape index (κ2) is 4.93. The van der Waals surface area contributed by atoms with Gasteiger partial charge in [-0.3, -0.25) is 9.89 Å². The first-order chi connectivity index (χ1) is 8.85. The van der Waals surface area contributed by atoms with Gasteiger partial charge < -0.3 is 5.11 Å². The number of aromatic nitrogens is 2. The summed E-state index contributed by atoms with van der Waals surface area (Å²) in [7, 11) is -3.82. The monoisotopic (exact) mass is 287 g/mol. The van der Waals surface area contributed by atoms with E-state index >= 15 is 0 Å². The van der Waals surface area contributed by atoms with E-state index in [-0.39, 0.29) is 17.4 Å². The van der Waals surface area contributed by atoms with Gasteiger partial charge in [-0.2, -0.15) is 9.40 Å². The van der Waals surface area contributed by atoms with Crippen LogP contribution in [-0.4, -0.2) is 46.6 Å². The van der Waals surface area contributed by atoms with Crippen LogP contribution >= 0.6 is 0 Å². The maximum atomic E-state index is 12.5. The Morgan fingerprint density at radius 1 is 1.58 bits per heavy atom. The van der Waals surface area contributed by atoms with Crippen molar-refractivity contribution in [3.63, 3.8) is 0 Å². The molecule has 2 N–H and O–H groups in total. The van der Waals surface area contributed by atoms with Crippen LogP contribution in [0.2, 0.25) is 0 Å². The maximum Gasteiger partial charge on any atom is 0.322 e. The van der Waals surface area contributed by atoms with Crippen LogP contribution < -0.4 is 0 Å². The van der Waals surface area contributed by atoms with Gasteiger partial charge in [-0.1, -0.05) is 6.92 Å². The van der Waals surface area contributed by atoms with Crippen molar-refractivity contribution in [3.8, 4) is 0 Å². The number of nitrogens with zero attached hydrogens (tertiary/aromatic N) is 2. The Bertz CT molecular complexity index is 581. The molecule has 1 aliphatic heterocycles. The number of nitrogens with one attached hydrogen (secondary N) is 1. The number of piperidine rings is 1. The van der Waals surface area contributed by atoms with Gasteiger partial charge in [0.05, 0.1) is 11.9 Å². The molecule has 2 unspecified atom stereocenters. The van der Waals surface area contributed by atoms with Crippen LogP contribution in [0.25, 0.3) is 0 Å². The first-order valence-electron chi connectivity index (χ1n) is 6.10. The van der Waals surface area contributed by atoms with Crippen molar-refractivity contribution >= 4 is 16.0 Å². The molecule has 1 fully saturated rings. The van der Waals surface area contributed by atoms with Crippen molar-refractivity contribution in [2.24, 2.45) is 5.92 Å². The van der Waals surface area contributed by atoms with Gasteiger partial charge in [0.2, 0.25) is 10.0 Å². The first kappa shape index (κ1) is 14.0. The number of H-pyrrole nitrogens is 1. The summed E-state index contributed by atoms with van der Waals surface area (Å²) in [6, 6.07) is -1.01. The molecule has 0 radical (unpaired) electrons. The predicted octanol–water partition coefficient (Wildman–Crippen LogP) is 0.592. The average molecular weight is 287 g/mol. The lowest BCUT2D eigenvalue weighted by Gasteiger charge is -2.35. The lowest BCUT2D eigenvalue weighted by molar-refractivity contribution is -0.144. The van der Waals surface area contributed by atoms with Gasteiger partial charge in [0.1, 0.15) is 10.9 Å². The van der Waals surface area contributed by atoms with Gasteiger partial charge in [-0.15, -0.1) is 0 Å². The van der Waals surface area contributed by atoms with E-state index in [1.165, 1.54) is 6.20 Å². The van der Waals surface area contributed by atoms with Crippen molar-refractivity contribution in [2.75, 3.05) is 6.54 Å². The van der Waals surface area contributed by atoms with Crippen molar-refractivity contribution in [2.45, 2.75) is 37.6 Å². The minimum Gasteiger partial charge on any atom is -0.480 e. The van der Waals surface area contributed by atoms with E-state index in [0.717, 1.165) is 4.31 Å². The predicted molar refractivity (Wildman–Crippen MR) is 67.0 cm³/mol. The Morgan fingerprint density at radius 3 is 2.79 bits per heavy atom. The fraction of sp³-hybridized carbons (Fsp3) is 0.636. The smallest absolute Gasteiger partial charge is 0.322 e. The van der Waals surface area contributed by atoms with Gasteiger partial charge >= 0.3 is 5.97 Å². The lowest BCUT2D eigenvalue weighted by Crippen LogP contribution is -2.51. The number of sulfonamides is 1. The Kier molecular flexibility index (Phi) is 3.64. The molecule has 1 saturated heterocycles. The summed E-state index contributed by atoms with van der Waals surface area (Å²) in [4.78, 5) is 11.4. The molecule has 0 aliphatic carbocycles. The molecule has 19 heavy (non-hydrogen) atoms. The topological polar surface area (TPSA) is 103 Å². The van der Waals surface area contributed by atoms with Crippen LogP contribution in [0.3, 0.4) is 0 Å². The lowest BCUT2D eigenvalue weighted by atomic mass is 9.93. The Morgan fingerprint density at radius 2 is 2.26 bits per heavy atom. The fourth-order valence-electron chi connectivity index (χ4n) is 2.51. The molecule has 2 heterocycles. The average Bonchev–Trinajstić information content (AvgIpc) is 2.75. The molecule has 7 nitrogen and oxygen atoms in total. The summed E-state index contributed by atoms with van der Waals surface area (Å²) in [5.41, 5.74) is 0.419. The molecule has 0 bridgehead atoms. The molecule has 8 heteroatoms. The number of carbonyl (C=O) groups is 1. The quantitative estimate of drug-likeness (QED) is 0.847. The summed E-state index contributed by atoms with van der Waals surface area (Å²) in [5.74, 6) is -1.30. The largest absolute Gasteiger partial charge is 0.480 e. The van der Waals surface area contributed by atoms with E-state index in [2.05, 4.69) is 10.2 Å². The highest BCUT2D eigenvalue weighted by Gasteiger charge is 2.42. The highest BCUT2D eigenvalue weighted by molar-refractivity contribution is 7.89. The summed E-state index contributed by atoms with van der Waals surface area (Å²) in [5, 5.41) is 15.5. The van der Waals surface area contributed by atoms with Crippen LogP contribution in [0, 0.1) is 12.8 Å². The van der Waals surface area contributed by atoms with Crippen LogP contribution in [0.15, 0.2) is 11.1 Å². The van der Waals surface area contributed by atoms with Crippen LogP contribution in [0.1, 0.15) is 25.5 Å². The van der Waals surface area contributed by atoms with Crippen LogP contribution in [-0.2, 0) is 14.8 Å². The highest BCUT2D eigenvalue weighted by atomic mass is 32.2. The third kappa shape index (κ3) is 2.37. The molecule has 106 valence electrons. The molecule has 0 spiro atoms. The normalized spacial score (nSPS) is 25.4. The number of carboxylic acid groups (broad SMARTS) is 1. The number of carboxylic acids is 1. The molecule has 0 aromatic carbocycles. The second-order valence-electron chi connectivity index (χ2n) is 4.88. The zero-order valence-corrected chi connectivity index (χ0v) is 11.6. The zero-order valence-electron chi connectivity index (χ0n) is 10.8. The first-order valence-corrected chi connectivity index (χ1v) is 7.54. The minimum absolute atomic E-state index is 0.0489. The van der Waals surface area contributed by atoms with Crippen molar-refractivity contribution in [3.05, 3.63) is 11.9 Å². The number of rotatable bonds is 3. The van der Waals surface area contributed by atoms with Crippen molar-refractivity contribution < 1.29 is 18.3 Å². The number of aryl methyl sites for hydroxylation is 1. The van der Waals surface area contributed by atoms with Gasteiger partial charge in [-0.25, -0.2) is 8.42 Å². The molecular formula is C11H17N3O4S.